The predicted octanol–water partition coefficient (Wildman–Crippen LogP) is 4.51. The van der Waals surface area contributed by atoms with Gasteiger partial charge < -0.3 is 0 Å². The van der Waals surface area contributed by atoms with Crippen molar-refractivity contribution in [2.75, 3.05) is 0 Å². The minimum atomic E-state index is -0.341. The Morgan fingerprint density at radius 1 is 1.30 bits per heavy atom. The maximum absolute atomic E-state index is 13.4. The van der Waals surface area contributed by atoms with Crippen LogP contribution in [0.25, 0.3) is 16.9 Å². The van der Waals surface area contributed by atoms with Crippen LogP contribution in [0.5, 0.6) is 0 Å². The number of aromatic nitrogens is 3. The molecular weight excluding hydrogens is 300 g/mol. The van der Waals surface area contributed by atoms with Crippen molar-refractivity contribution in [3.63, 3.8) is 0 Å². The Morgan fingerprint density at radius 2 is 2.10 bits per heavy atom. The summed E-state index contributed by atoms with van der Waals surface area (Å²) in [5, 5.41) is 0.154. The molecule has 3 nitrogen and oxygen atoms in total. The molecule has 0 amide bonds. The Kier molecular flexibility index (Phi) is 3.36. The summed E-state index contributed by atoms with van der Waals surface area (Å²) in [5.41, 5.74) is 1.86. The molecule has 2 heterocycles. The largest absolute Gasteiger partial charge is 0.279 e. The van der Waals surface area contributed by atoms with Crippen molar-refractivity contribution in [1.29, 1.82) is 0 Å². The number of benzene rings is 1. The van der Waals surface area contributed by atoms with E-state index < -0.39 is 0 Å². The fourth-order valence-electron chi connectivity index (χ4n) is 2.09. The summed E-state index contributed by atoms with van der Waals surface area (Å²) in [7, 11) is 0. The topological polar surface area (TPSA) is 30.7 Å². The Morgan fingerprint density at radius 3 is 2.80 bits per heavy atom. The number of rotatable bonds is 2. The first kappa shape index (κ1) is 13.3. The third-order valence-corrected chi connectivity index (χ3v) is 3.31. The number of fused-ring (bicyclic) bond motifs is 1. The quantitative estimate of drug-likeness (QED) is 0.652. The van der Waals surface area contributed by atoms with Gasteiger partial charge in [0, 0.05) is 6.20 Å². The van der Waals surface area contributed by atoms with Gasteiger partial charge in [0.2, 0.25) is 0 Å². The van der Waals surface area contributed by atoms with E-state index in [1.165, 1.54) is 18.3 Å². The summed E-state index contributed by atoms with van der Waals surface area (Å²) in [4.78, 5) is 8.72. The van der Waals surface area contributed by atoms with Gasteiger partial charge in [0.1, 0.15) is 17.2 Å². The van der Waals surface area contributed by atoms with Gasteiger partial charge in [-0.3, -0.25) is 4.57 Å². The maximum atomic E-state index is 13.4. The summed E-state index contributed by atoms with van der Waals surface area (Å²) in [6.45, 7) is 1.81. The van der Waals surface area contributed by atoms with E-state index in [1.54, 1.807) is 29.7 Å². The summed E-state index contributed by atoms with van der Waals surface area (Å²) in [6.07, 6.45) is 1.53. The van der Waals surface area contributed by atoms with Gasteiger partial charge in [-0.2, -0.15) is 0 Å². The molecule has 102 valence electrons. The van der Waals surface area contributed by atoms with E-state index in [9.17, 15) is 4.39 Å². The number of pyridine rings is 1. The van der Waals surface area contributed by atoms with Crippen LogP contribution in [0.1, 0.15) is 18.1 Å². The van der Waals surface area contributed by atoms with Gasteiger partial charge in [-0.1, -0.05) is 17.7 Å². The number of hydrogen-bond acceptors (Lipinski definition) is 2. The highest BCUT2D eigenvalue weighted by Gasteiger charge is 2.17. The standard InChI is InChI=1S/C14H10Cl2FN3/c1-8(15)13-19-12-5-9(16)7-18-14(12)20(13)11-4-2-3-10(17)6-11/h2-8H,1H3. The van der Waals surface area contributed by atoms with Gasteiger partial charge >= 0.3 is 0 Å². The van der Waals surface area contributed by atoms with Crippen molar-refractivity contribution in [3.05, 3.63) is 53.2 Å². The minimum Gasteiger partial charge on any atom is -0.279 e. The lowest BCUT2D eigenvalue weighted by Gasteiger charge is -2.09. The van der Waals surface area contributed by atoms with E-state index in [4.69, 9.17) is 23.2 Å². The highest BCUT2D eigenvalue weighted by molar-refractivity contribution is 6.31. The summed E-state index contributed by atoms with van der Waals surface area (Å²) in [6, 6.07) is 7.93. The molecule has 0 fully saturated rings. The second-order valence-corrected chi connectivity index (χ2v) is 5.49. The fraction of sp³-hybridized carbons (Fsp3) is 0.143. The monoisotopic (exact) mass is 309 g/mol. The number of nitrogens with zero attached hydrogens (tertiary/aromatic N) is 3. The third kappa shape index (κ3) is 2.25. The van der Waals surface area contributed by atoms with E-state index in [0.717, 1.165) is 0 Å². The molecule has 0 aliphatic heterocycles. The molecule has 3 aromatic rings. The fourth-order valence-corrected chi connectivity index (χ4v) is 2.39. The molecule has 0 radical (unpaired) electrons. The van der Waals surface area contributed by atoms with Crippen molar-refractivity contribution in [2.24, 2.45) is 0 Å². The zero-order valence-electron chi connectivity index (χ0n) is 10.5. The van der Waals surface area contributed by atoms with Crippen LogP contribution in [0.2, 0.25) is 5.02 Å². The molecule has 0 N–H and O–H groups in total. The number of imidazole rings is 1. The number of halogens is 3. The summed E-state index contributed by atoms with van der Waals surface area (Å²) in [5.74, 6) is 0.272. The van der Waals surface area contributed by atoms with Crippen LogP contribution < -0.4 is 0 Å². The highest BCUT2D eigenvalue weighted by Crippen LogP contribution is 2.28. The van der Waals surface area contributed by atoms with Crippen molar-refractivity contribution in [2.45, 2.75) is 12.3 Å². The first-order valence-corrected chi connectivity index (χ1v) is 6.81. The molecule has 0 aliphatic rings. The zero-order chi connectivity index (χ0) is 14.3. The van der Waals surface area contributed by atoms with E-state index in [2.05, 4.69) is 9.97 Å². The Hall–Kier alpha value is -1.65. The van der Waals surface area contributed by atoms with Gasteiger partial charge in [-0.25, -0.2) is 14.4 Å². The van der Waals surface area contributed by atoms with Crippen molar-refractivity contribution in [1.82, 2.24) is 14.5 Å². The van der Waals surface area contributed by atoms with E-state index in [0.29, 0.717) is 27.7 Å². The molecule has 3 rings (SSSR count). The number of hydrogen-bond donors (Lipinski definition) is 0. The average molecular weight is 310 g/mol. The van der Waals surface area contributed by atoms with Crippen LogP contribution in [0.3, 0.4) is 0 Å². The molecule has 1 atom stereocenters. The first-order chi connectivity index (χ1) is 9.56. The first-order valence-electron chi connectivity index (χ1n) is 6.00. The van der Waals surface area contributed by atoms with Crippen LogP contribution in [-0.4, -0.2) is 14.5 Å². The van der Waals surface area contributed by atoms with Crippen molar-refractivity contribution >= 4 is 34.4 Å². The lowest BCUT2D eigenvalue weighted by Crippen LogP contribution is -2.03. The van der Waals surface area contributed by atoms with Gasteiger partial charge in [0.25, 0.3) is 0 Å². The predicted molar refractivity (Wildman–Crippen MR) is 78.1 cm³/mol. The van der Waals surface area contributed by atoms with Crippen LogP contribution in [0.15, 0.2) is 36.5 Å². The van der Waals surface area contributed by atoms with Gasteiger partial charge in [0.05, 0.1) is 16.1 Å². The van der Waals surface area contributed by atoms with E-state index in [1.807, 2.05) is 0 Å². The normalized spacial score (nSPS) is 12.8. The Labute approximate surface area is 125 Å². The molecule has 20 heavy (non-hydrogen) atoms. The molecule has 1 unspecified atom stereocenters. The Balaban J connectivity index is 2.34. The smallest absolute Gasteiger partial charge is 0.164 e. The highest BCUT2D eigenvalue weighted by atomic mass is 35.5. The molecule has 6 heteroatoms. The lowest BCUT2D eigenvalue weighted by molar-refractivity contribution is 0.626. The third-order valence-electron chi connectivity index (χ3n) is 2.91. The van der Waals surface area contributed by atoms with Gasteiger partial charge in [-0.15, -0.1) is 11.6 Å². The Bertz CT molecular complexity index is 783. The van der Waals surface area contributed by atoms with Crippen molar-refractivity contribution < 1.29 is 4.39 Å². The molecule has 0 bridgehead atoms. The minimum absolute atomic E-state index is 0.327. The number of alkyl halides is 1. The average Bonchev–Trinajstić information content (AvgIpc) is 2.77. The van der Waals surface area contributed by atoms with Crippen LogP contribution in [-0.2, 0) is 0 Å². The van der Waals surface area contributed by atoms with Crippen molar-refractivity contribution in [3.8, 4) is 5.69 Å². The van der Waals surface area contributed by atoms with Gasteiger partial charge in [0.15, 0.2) is 5.65 Å². The lowest BCUT2D eigenvalue weighted by atomic mass is 10.3. The zero-order valence-corrected chi connectivity index (χ0v) is 12.0. The van der Waals surface area contributed by atoms with Crippen LogP contribution in [0, 0.1) is 5.82 Å². The molecule has 0 aliphatic carbocycles. The SMILES string of the molecule is CC(Cl)c1nc2cc(Cl)cnc2n1-c1cccc(F)c1. The molecule has 0 saturated carbocycles. The maximum Gasteiger partial charge on any atom is 0.164 e. The molecule has 0 spiro atoms. The molecule has 1 aromatic carbocycles. The summed E-state index contributed by atoms with van der Waals surface area (Å²) >= 11 is 12.1. The molecular formula is C14H10Cl2FN3. The van der Waals surface area contributed by atoms with Crippen LogP contribution >= 0.6 is 23.2 Å². The molecule has 0 saturated heterocycles. The molecule has 2 aromatic heterocycles. The second kappa shape index (κ2) is 5.04. The van der Waals surface area contributed by atoms with Gasteiger partial charge in [-0.05, 0) is 31.2 Å². The summed E-state index contributed by atoms with van der Waals surface area (Å²) < 4.78 is 15.2. The van der Waals surface area contributed by atoms with E-state index >= 15 is 0 Å². The second-order valence-electron chi connectivity index (χ2n) is 4.40. The van der Waals surface area contributed by atoms with Crippen LogP contribution in [0.4, 0.5) is 4.39 Å². The van der Waals surface area contributed by atoms with E-state index in [-0.39, 0.29) is 11.2 Å².